The van der Waals surface area contributed by atoms with Crippen molar-refractivity contribution < 1.29 is 28.6 Å². The molecule has 4 rings (SSSR count). The molecule has 2 amide bonds. The number of nitrogens with zero attached hydrogens (tertiary/aromatic N) is 1. The summed E-state index contributed by atoms with van der Waals surface area (Å²) in [6, 6.07) is 21.1. The molecule has 3 aromatic rings. The van der Waals surface area contributed by atoms with E-state index in [0.29, 0.717) is 33.3 Å². The van der Waals surface area contributed by atoms with Gasteiger partial charge >= 0.3 is 5.97 Å². The lowest BCUT2D eigenvalue weighted by Gasteiger charge is -2.14. The molecule has 0 aliphatic carbocycles. The fourth-order valence-electron chi connectivity index (χ4n) is 3.25. The number of methoxy groups -OCH3 is 1. The molecule has 0 aromatic heterocycles. The van der Waals surface area contributed by atoms with Crippen molar-refractivity contribution >= 4 is 57.5 Å². The first-order valence-corrected chi connectivity index (χ1v) is 12.4. The predicted octanol–water partition coefficient (Wildman–Crippen LogP) is 5.63. The summed E-state index contributed by atoms with van der Waals surface area (Å²) >= 11 is 2.96. The molecule has 0 spiro atoms. The Hall–Kier alpha value is -3.31. The Morgan fingerprint density at radius 1 is 0.971 bits per heavy atom. The lowest BCUT2D eigenvalue weighted by atomic mass is 10.2. The Morgan fingerprint density at radius 2 is 1.66 bits per heavy atom. The number of para-hydroxylation sites is 2. The van der Waals surface area contributed by atoms with E-state index in [2.05, 4.69) is 22.6 Å². The molecule has 35 heavy (non-hydrogen) atoms. The van der Waals surface area contributed by atoms with Crippen LogP contribution in [0.2, 0.25) is 0 Å². The average molecular weight is 601 g/mol. The van der Waals surface area contributed by atoms with Gasteiger partial charge in [0.1, 0.15) is 12.4 Å². The Morgan fingerprint density at radius 3 is 2.37 bits per heavy atom. The van der Waals surface area contributed by atoms with Gasteiger partial charge in [-0.2, -0.15) is 0 Å². The zero-order chi connectivity index (χ0) is 24.8. The molecule has 1 aliphatic heterocycles. The van der Waals surface area contributed by atoms with Gasteiger partial charge in [0.15, 0.2) is 11.5 Å². The number of carbonyl (C=O) groups is 3. The summed E-state index contributed by atoms with van der Waals surface area (Å²) in [6.45, 7) is 0.263. The van der Waals surface area contributed by atoms with E-state index >= 15 is 0 Å². The average Bonchev–Trinajstić information content (AvgIpc) is 3.13. The van der Waals surface area contributed by atoms with Crippen LogP contribution in [-0.4, -0.2) is 42.3 Å². The first-order valence-electron chi connectivity index (χ1n) is 10.5. The standard InChI is InChI=1S/C26H20INO6S/c1-32-21-8-4-5-9-22(21)33-15-14-28-24(29)23(35-26(28)31)16-17-10-12-18(13-11-17)34-25(30)19-6-2-3-7-20(19)27/h2-13,16H,14-15H2,1H3/b23-16-. The van der Waals surface area contributed by atoms with E-state index < -0.39 is 5.97 Å². The summed E-state index contributed by atoms with van der Waals surface area (Å²) in [4.78, 5) is 39.0. The normalized spacial score (nSPS) is 14.3. The number of ether oxygens (including phenoxy) is 3. The van der Waals surface area contributed by atoms with Gasteiger partial charge in [-0.25, -0.2) is 4.79 Å². The highest BCUT2D eigenvalue weighted by Gasteiger charge is 2.34. The summed E-state index contributed by atoms with van der Waals surface area (Å²) in [5.41, 5.74) is 1.19. The number of benzene rings is 3. The van der Waals surface area contributed by atoms with E-state index in [1.54, 1.807) is 61.7 Å². The van der Waals surface area contributed by atoms with E-state index in [4.69, 9.17) is 14.2 Å². The molecule has 0 N–H and O–H groups in total. The summed E-state index contributed by atoms with van der Waals surface area (Å²) in [5, 5.41) is -0.354. The highest BCUT2D eigenvalue weighted by atomic mass is 127. The molecule has 0 unspecified atom stereocenters. The molecule has 7 nitrogen and oxygen atoms in total. The number of amides is 2. The van der Waals surface area contributed by atoms with E-state index in [1.807, 2.05) is 24.3 Å². The number of hydrogen-bond donors (Lipinski definition) is 0. The van der Waals surface area contributed by atoms with Crippen LogP contribution in [-0.2, 0) is 4.79 Å². The van der Waals surface area contributed by atoms with Gasteiger partial charge < -0.3 is 14.2 Å². The molecule has 1 fully saturated rings. The van der Waals surface area contributed by atoms with Gasteiger partial charge in [0.05, 0.1) is 24.1 Å². The number of halogens is 1. The molecule has 178 valence electrons. The molecular weight excluding hydrogens is 581 g/mol. The summed E-state index contributed by atoms with van der Waals surface area (Å²) in [6.07, 6.45) is 1.64. The van der Waals surface area contributed by atoms with Gasteiger partial charge in [0.2, 0.25) is 0 Å². The van der Waals surface area contributed by atoms with E-state index in [9.17, 15) is 14.4 Å². The van der Waals surface area contributed by atoms with E-state index in [1.165, 1.54) is 0 Å². The van der Waals surface area contributed by atoms with Crippen LogP contribution in [0, 0.1) is 3.57 Å². The topological polar surface area (TPSA) is 82.1 Å². The molecule has 3 aromatic carbocycles. The SMILES string of the molecule is COc1ccccc1OCCN1C(=O)S/C(=C\c2ccc(OC(=O)c3ccccc3I)cc2)C1=O. The Bertz CT molecular complexity index is 1290. The molecule has 1 saturated heterocycles. The van der Waals surface area contributed by atoms with Crippen molar-refractivity contribution in [1.82, 2.24) is 4.90 Å². The largest absolute Gasteiger partial charge is 0.493 e. The van der Waals surface area contributed by atoms with Crippen LogP contribution in [0.15, 0.2) is 77.7 Å². The number of hydrogen-bond acceptors (Lipinski definition) is 7. The third-order valence-corrected chi connectivity index (χ3v) is 6.85. The van der Waals surface area contributed by atoms with E-state index in [-0.39, 0.29) is 24.3 Å². The molecule has 0 saturated carbocycles. The summed E-state index contributed by atoms with van der Waals surface area (Å²) in [5.74, 6) is 0.680. The molecule has 1 aliphatic rings. The fourth-order valence-corrected chi connectivity index (χ4v) is 4.72. The van der Waals surface area contributed by atoms with Crippen molar-refractivity contribution in [2.24, 2.45) is 0 Å². The Balaban J connectivity index is 1.36. The molecule has 0 radical (unpaired) electrons. The second-order valence-electron chi connectivity index (χ2n) is 7.27. The zero-order valence-electron chi connectivity index (χ0n) is 18.6. The third kappa shape index (κ3) is 6.04. The van der Waals surface area contributed by atoms with Gasteiger partial charge in [-0.3, -0.25) is 14.5 Å². The minimum atomic E-state index is -0.445. The summed E-state index contributed by atoms with van der Waals surface area (Å²) < 4.78 is 17.2. The molecule has 1 heterocycles. The number of imide groups is 1. The minimum Gasteiger partial charge on any atom is -0.493 e. The van der Waals surface area contributed by atoms with Crippen LogP contribution in [0.25, 0.3) is 6.08 Å². The second kappa shape index (κ2) is 11.4. The van der Waals surface area contributed by atoms with Crippen molar-refractivity contribution in [3.8, 4) is 17.2 Å². The van der Waals surface area contributed by atoms with Crippen LogP contribution in [0.3, 0.4) is 0 Å². The second-order valence-corrected chi connectivity index (χ2v) is 9.43. The van der Waals surface area contributed by atoms with Crippen molar-refractivity contribution in [1.29, 1.82) is 0 Å². The van der Waals surface area contributed by atoms with Crippen LogP contribution >= 0.6 is 34.4 Å². The monoisotopic (exact) mass is 601 g/mol. The number of esters is 1. The van der Waals surface area contributed by atoms with Crippen LogP contribution in [0.4, 0.5) is 4.79 Å². The number of rotatable bonds is 8. The third-order valence-electron chi connectivity index (χ3n) is 5.00. The fraction of sp³-hybridized carbons (Fsp3) is 0.115. The Kier molecular flexibility index (Phi) is 8.09. The highest BCUT2D eigenvalue weighted by Crippen LogP contribution is 2.33. The first kappa shape index (κ1) is 24.8. The predicted molar refractivity (Wildman–Crippen MR) is 142 cm³/mol. The van der Waals surface area contributed by atoms with Crippen LogP contribution in [0.1, 0.15) is 15.9 Å². The van der Waals surface area contributed by atoms with Gasteiger partial charge in [-0.15, -0.1) is 0 Å². The first-order chi connectivity index (χ1) is 17.0. The minimum absolute atomic E-state index is 0.118. The summed E-state index contributed by atoms with van der Waals surface area (Å²) in [7, 11) is 1.55. The zero-order valence-corrected chi connectivity index (χ0v) is 21.6. The van der Waals surface area contributed by atoms with Crippen LogP contribution < -0.4 is 14.2 Å². The maximum Gasteiger partial charge on any atom is 0.344 e. The molecule has 0 atom stereocenters. The number of carbonyl (C=O) groups excluding carboxylic acids is 3. The van der Waals surface area contributed by atoms with Crippen molar-refractivity contribution in [3.63, 3.8) is 0 Å². The van der Waals surface area contributed by atoms with Crippen LogP contribution in [0.5, 0.6) is 17.2 Å². The van der Waals surface area contributed by atoms with E-state index in [0.717, 1.165) is 20.2 Å². The quantitative estimate of drug-likeness (QED) is 0.143. The smallest absolute Gasteiger partial charge is 0.344 e. The van der Waals surface area contributed by atoms with Gasteiger partial charge in [0, 0.05) is 3.57 Å². The number of thioether (sulfide) groups is 1. The van der Waals surface area contributed by atoms with Crippen molar-refractivity contribution in [3.05, 3.63) is 92.4 Å². The molecule has 0 bridgehead atoms. The lowest BCUT2D eigenvalue weighted by Crippen LogP contribution is -2.32. The highest BCUT2D eigenvalue weighted by molar-refractivity contribution is 14.1. The molecule has 9 heteroatoms. The van der Waals surface area contributed by atoms with Crippen molar-refractivity contribution in [2.75, 3.05) is 20.3 Å². The maximum atomic E-state index is 12.8. The Labute approximate surface area is 220 Å². The van der Waals surface area contributed by atoms with Gasteiger partial charge in [0.25, 0.3) is 11.1 Å². The molecular formula is C26H20INO6S. The maximum absolute atomic E-state index is 12.8. The van der Waals surface area contributed by atoms with Crippen molar-refractivity contribution in [2.45, 2.75) is 0 Å². The lowest BCUT2D eigenvalue weighted by molar-refractivity contribution is -0.123. The van der Waals surface area contributed by atoms with Gasteiger partial charge in [-0.05, 0) is 82.4 Å². The van der Waals surface area contributed by atoms with Gasteiger partial charge in [-0.1, -0.05) is 36.4 Å².